The zero-order valence-electron chi connectivity index (χ0n) is 11.7. The molecule has 0 saturated heterocycles. The minimum Gasteiger partial charge on any atom is -0.360 e. The highest BCUT2D eigenvalue weighted by Crippen LogP contribution is 2.40. The molecule has 3 aromatic heterocycles. The molecule has 4 rings (SSSR count). The number of rotatable bonds is 5. The van der Waals surface area contributed by atoms with Gasteiger partial charge in [0.2, 0.25) is 0 Å². The summed E-state index contributed by atoms with van der Waals surface area (Å²) in [5.41, 5.74) is 1.45. The molecule has 1 amide bonds. The molecule has 0 radical (unpaired) electrons. The van der Waals surface area contributed by atoms with Crippen molar-refractivity contribution in [2.45, 2.75) is 24.8 Å². The van der Waals surface area contributed by atoms with Gasteiger partial charge in [-0.15, -0.1) is 11.3 Å². The summed E-state index contributed by atoms with van der Waals surface area (Å²) in [5.74, 6) is 1.09. The summed E-state index contributed by atoms with van der Waals surface area (Å²) in [6, 6.07) is 7.69. The van der Waals surface area contributed by atoms with E-state index in [0.29, 0.717) is 11.6 Å². The van der Waals surface area contributed by atoms with Gasteiger partial charge in [0.15, 0.2) is 5.69 Å². The Balaban J connectivity index is 1.56. The average molecular weight is 330 g/mol. The van der Waals surface area contributed by atoms with Crippen LogP contribution in [-0.2, 0) is 0 Å². The fourth-order valence-corrected chi connectivity index (χ4v) is 3.86. The Morgan fingerprint density at radius 2 is 2.27 bits per heavy atom. The van der Waals surface area contributed by atoms with Gasteiger partial charge in [-0.25, -0.2) is 0 Å². The highest BCUT2D eigenvalue weighted by Gasteiger charge is 2.29. The normalized spacial score (nSPS) is 15.6. The maximum absolute atomic E-state index is 12.5. The minimum atomic E-state index is -0.194. The summed E-state index contributed by atoms with van der Waals surface area (Å²) in [6.07, 6.45) is 2.26. The number of nitrogens with one attached hydrogen (secondary N) is 1. The molecule has 4 nitrogen and oxygen atoms in total. The van der Waals surface area contributed by atoms with Crippen LogP contribution in [0.3, 0.4) is 0 Å². The Labute approximate surface area is 135 Å². The van der Waals surface area contributed by atoms with Crippen molar-refractivity contribution in [1.29, 1.82) is 0 Å². The molecule has 1 saturated carbocycles. The molecule has 0 spiro atoms. The molecule has 0 aromatic carbocycles. The molecule has 3 aromatic rings. The first-order valence-electron chi connectivity index (χ1n) is 7.14. The van der Waals surface area contributed by atoms with E-state index in [4.69, 9.17) is 4.52 Å². The van der Waals surface area contributed by atoms with Gasteiger partial charge in [-0.05, 0) is 46.7 Å². The van der Waals surface area contributed by atoms with E-state index < -0.39 is 0 Å². The number of hydrogen-bond acceptors (Lipinski definition) is 5. The van der Waals surface area contributed by atoms with E-state index in [2.05, 4.69) is 15.9 Å². The summed E-state index contributed by atoms with van der Waals surface area (Å²) >= 11 is 3.26. The fourth-order valence-electron chi connectivity index (χ4n) is 2.38. The van der Waals surface area contributed by atoms with Gasteiger partial charge in [-0.3, -0.25) is 4.79 Å². The lowest BCUT2D eigenvalue weighted by atomic mass is 10.1. The van der Waals surface area contributed by atoms with Crippen molar-refractivity contribution < 1.29 is 9.32 Å². The van der Waals surface area contributed by atoms with Crippen molar-refractivity contribution in [2.24, 2.45) is 0 Å². The smallest absolute Gasteiger partial charge is 0.274 e. The SMILES string of the molecule is O=C(NC(c1ccsc1)c1cccs1)c1cc(C2CC2)on1. The van der Waals surface area contributed by atoms with E-state index >= 15 is 0 Å². The van der Waals surface area contributed by atoms with Crippen LogP contribution in [0.4, 0.5) is 0 Å². The van der Waals surface area contributed by atoms with E-state index in [1.807, 2.05) is 29.0 Å². The van der Waals surface area contributed by atoms with Crippen LogP contribution in [0, 0.1) is 0 Å². The Kier molecular flexibility index (Phi) is 3.56. The largest absolute Gasteiger partial charge is 0.360 e. The molecule has 0 aliphatic heterocycles. The highest BCUT2D eigenvalue weighted by molar-refractivity contribution is 7.10. The summed E-state index contributed by atoms with van der Waals surface area (Å²) in [7, 11) is 0. The summed E-state index contributed by atoms with van der Waals surface area (Å²) in [6.45, 7) is 0. The molecule has 1 aliphatic rings. The molecule has 3 heterocycles. The molecule has 22 heavy (non-hydrogen) atoms. The van der Waals surface area contributed by atoms with Crippen molar-refractivity contribution in [1.82, 2.24) is 10.5 Å². The molecule has 1 atom stereocenters. The molecule has 6 heteroatoms. The Bertz CT molecular complexity index is 724. The van der Waals surface area contributed by atoms with Gasteiger partial charge in [0, 0.05) is 16.9 Å². The van der Waals surface area contributed by atoms with E-state index in [1.54, 1.807) is 28.7 Å². The lowest BCUT2D eigenvalue weighted by Crippen LogP contribution is -2.28. The first-order valence-corrected chi connectivity index (χ1v) is 8.96. The van der Waals surface area contributed by atoms with Crippen molar-refractivity contribution in [3.05, 3.63) is 62.3 Å². The van der Waals surface area contributed by atoms with Gasteiger partial charge in [0.05, 0.1) is 6.04 Å². The third-order valence-electron chi connectivity index (χ3n) is 3.72. The molecule has 1 N–H and O–H groups in total. The highest BCUT2D eigenvalue weighted by atomic mass is 32.1. The molecule has 112 valence electrons. The van der Waals surface area contributed by atoms with Crippen LogP contribution in [0.15, 0.2) is 44.9 Å². The average Bonchev–Trinajstić information content (AvgIpc) is 3.03. The second-order valence-electron chi connectivity index (χ2n) is 5.37. The topological polar surface area (TPSA) is 55.1 Å². The van der Waals surface area contributed by atoms with E-state index in [-0.39, 0.29) is 11.9 Å². The van der Waals surface area contributed by atoms with Gasteiger partial charge in [-0.1, -0.05) is 11.2 Å². The molecule has 1 aliphatic carbocycles. The van der Waals surface area contributed by atoms with Gasteiger partial charge in [-0.2, -0.15) is 11.3 Å². The van der Waals surface area contributed by atoms with Crippen LogP contribution >= 0.6 is 22.7 Å². The van der Waals surface area contributed by atoms with Crippen LogP contribution in [0.2, 0.25) is 0 Å². The molecule has 1 fully saturated rings. The predicted molar refractivity (Wildman–Crippen MR) is 86.4 cm³/mol. The zero-order chi connectivity index (χ0) is 14.9. The summed E-state index contributed by atoms with van der Waals surface area (Å²) in [4.78, 5) is 13.6. The standard InChI is InChI=1S/C16H14N2O2S2/c19-16(12-8-13(20-18-12)10-3-4-10)17-15(11-5-7-21-9-11)14-2-1-6-22-14/h1-2,5-10,15H,3-4H2,(H,17,19). The van der Waals surface area contributed by atoms with Gasteiger partial charge in [0.25, 0.3) is 5.91 Å². The van der Waals surface area contributed by atoms with Crippen molar-refractivity contribution in [3.63, 3.8) is 0 Å². The number of thiophene rings is 2. The minimum absolute atomic E-state index is 0.139. The number of hydrogen-bond donors (Lipinski definition) is 1. The van der Waals surface area contributed by atoms with E-state index in [9.17, 15) is 4.79 Å². The fraction of sp³-hybridized carbons (Fsp3) is 0.250. The third kappa shape index (κ3) is 2.71. The lowest BCUT2D eigenvalue weighted by molar-refractivity contribution is 0.0934. The van der Waals surface area contributed by atoms with Gasteiger partial charge >= 0.3 is 0 Å². The zero-order valence-corrected chi connectivity index (χ0v) is 13.3. The van der Waals surface area contributed by atoms with Gasteiger partial charge < -0.3 is 9.84 Å². The first-order chi connectivity index (χ1) is 10.8. The summed E-state index contributed by atoms with van der Waals surface area (Å²) in [5, 5.41) is 13.1. The van der Waals surface area contributed by atoms with Crippen molar-refractivity contribution in [3.8, 4) is 0 Å². The van der Waals surface area contributed by atoms with Gasteiger partial charge in [0.1, 0.15) is 5.76 Å². The van der Waals surface area contributed by atoms with Crippen LogP contribution in [0.1, 0.15) is 51.5 Å². The van der Waals surface area contributed by atoms with E-state index in [1.165, 1.54) is 0 Å². The predicted octanol–water partition coefficient (Wildman–Crippen LogP) is 4.19. The van der Waals surface area contributed by atoms with E-state index in [0.717, 1.165) is 29.0 Å². The quantitative estimate of drug-likeness (QED) is 0.763. The first kappa shape index (κ1) is 13.7. The lowest BCUT2D eigenvalue weighted by Gasteiger charge is -2.15. The van der Waals surface area contributed by atoms with Crippen LogP contribution in [0.25, 0.3) is 0 Å². The third-order valence-corrected chi connectivity index (χ3v) is 5.36. The second-order valence-corrected chi connectivity index (χ2v) is 7.13. The second kappa shape index (κ2) is 5.70. The number of nitrogens with zero attached hydrogens (tertiary/aromatic N) is 1. The van der Waals surface area contributed by atoms with Crippen molar-refractivity contribution >= 4 is 28.6 Å². The Morgan fingerprint density at radius 1 is 1.36 bits per heavy atom. The molecule has 0 bridgehead atoms. The Morgan fingerprint density at radius 3 is 2.95 bits per heavy atom. The number of amides is 1. The van der Waals surface area contributed by atoms with Crippen LogP contribution < -0.4 is 5.32 Å². The molecular formula is C16H14N2O2S2. The van der Waals surface area contributed by atoms with Crippen molar-refractivity contribution in [2.75, 3.05) is 0 Å². The Hall–Kier alpha value is -1.92. The number of carbonyl (C=O) groups excluding carboxylic acids is 1. The monoisotopic (exact) mass is 330 g/mol. The maximum atomic E-state index is 12.5. The van der Waals surface area contributed by atoms with Crippen LogP contribution in [0.5, 0.6) is 0 Å². The van der Waals surface area contributed by atoms with Crippen LogP contribution in [-0.4, -0.2) is 11.1 Å². The number of aromatic nitrogens is 1. The maximum Gasteiger partial charge on any atom is 0.274 e. The molecular weight excluding hydrogens is 316 g/mol. The summed E-state index contributed by atoms with van der Waals surface area (Å²) < 4.78 is 5.27. The number of carbonyl (C=O) groups is 1. The molecule has 1 unspecified atom stereocenters.